The third-order valence-corrected chi connectivity index (χ3v) is 7.57. The van der Waals surface area contributed by atoms with Crippen molar-refractivity contribution in [1.29, 1.82) is 0 Å². The number of rotatable bonds is 0. The Bertz CT molecular complexity index is 719. The third-order valence-electron chi connectivity index (χ3n) is 7.57. The molecular weight excluding hydrogens is 454 g/mol. The summed E-state index contributed by atoms with van der Waals surface area (Å²) in [6.07, 6.45) is 21.9. The van der Waals surface area contributed by atoms with Gasteiger partial charge in [0.1, 0.15) is 0 Å². The molecule has 0 saturated heterocycles. The van der Waals surface area contributed by atoms with Gasteiger partial charge in [0.2, 0.25) is 0 Å². The van der Waals surface area contributed by atoms with E-state index in [2.05, 4.69) is 53.8 Å². The molecule has 37 heavy (non-hydrogen) atoms. The molecule has 0 fully saturated rings. The van der Waals surface area contributed by atoms with Crippen LogP contribution in [0.5, 0.6) is 0 Å². The summed E-state index contributed by atoms with van der Waals surface area (Å²) in [6, 6.07) is 17.7. The molecule has 2 aromatic carbocycles. The van der Waals surface area contributed by atoms with Crippen molar-refractivity contribution in [3.63, 3.8) is 0 Å². The van der Waals surface area contributed by atoms with Crippen LogP contribution in [0.1, 0.15) is 125 Å². The summed E-state index contributed by atoms with van der Waals surface area (Å²) in [4.78, 5) is 0. The molecule has 5 rings (SSSR count). The van der Waals surface area contributed by atoms with Gasteiger partial charge in [0.25, 0.3) is 0 Å². The fourth-order valence-corrected chi connectivity index (χ4v) is 5.12. The molecule has 4 bridgehead atoms. The highest BCUT2D eigenvalue weighted by Crippen LogP contribution is 2.15. The lowest BCUT2D eigenvalue weighted by Crippen LogP contribution is -2.12. The first-order valence-electron chi connectivity index (χ1n) is 15.4. The van der Waals surface area contributed by atoms with E-state index in [-0.39, 0.29) is 0 Å². The van der Waals surface area contributed by atoms with E-state index in [1.54, 1.807) is 0 Å². The second kappa shape index (κ2) is 20.3. The lowest BCUT2D eigenvalue weighted by molar-refractivity contribution is 0.116. The van der Waals surface area contributed by atoms with Crippen molar-refractivity contribution in [2.45, 2.75) is 129 Å². The van der Waals surface area contributed by atoms with Gasteiger partial charge in [0.15, 0.2) is 0 Å². The minimum Gasteiger partial charge on any atom is -0.377 e. The molecule has 0 amide bonds. The van der Waals surface area contributed by atoms with Crippen LogP contribution in [0.15, 0.2) is 48.5 Å². The lowest BCUT2D eigenvalue weighted by Gasteiger charge is -2.09. The summed E-state index contributed by atoms with van der Waals surface area (Å²) in [7, 11) is 0. The van der Waals surface area contributed by atoms with Gasteiger partial charge in [-0.1, -0.05) is 138 Å². The molecule has 3 nitrogen and oxygen atoms in total. The molecule has 0 atom stereocenters. The van der Waals surface area contributed by atoms with Gasteiger partial charge in [0.05, 0.1) is 13.2 Å². The first-order valence-corrected chi connectivity index (χ1v) is 15.4. The molecule has 2 aromatic rings. The van der Waals surface area contributed by atoms with Crippen molar-refractivity contribution >= 4 is 0 Å². The Balaban J connectivity index is 1.36. The van der Waals surface area contributed by atoms with E-state index < -0.39 is 0 Å². The fourth-order valence-electron chi connectivity index (χ4n) is 5.12. The first-order chi connectivity index (χ1) is 18.4. The van der Waals surface area contributed by atoms with E-state index in [0.29, 0.717) is 0 Å². The monoisotopic (exact) mass is 507 g/mol. The van der Waals surface area contributed by atoms with E-state index in [9.17, 15) is 0 Å². The summed E-state index contributed by atoms with van der Waals surface area (Å²) in [5.41, 5.74) is 5.16. The summed E-state index contributed by atoms with van der Waals surface area (Å²) in [5, 5.41) is 3.57. The highest BCUT2D eigenvalue weighted by Gasteiger charge is 2.00. The Hall–Kier alpha value is -1.68. The number of benzene rings is 2. The Morgan fingerprint density at radius 3 is 0.946 bits per heavy atom. The van der Waals surface area contributed by atoms with Crippen molar-refractivity contribution in [3.05, 3.63) is 70.8 Å². The van der Waals surface area contributed by atoms with E-state index in [0.717, 1.165) is 39.5 Å². The van der Waals surface area contributed by atoms with E-state index in [1.165, 1.54) is 125 Å². The van der Waals surface area contributed by atoms with Gasteiger partial charge in [-0.3, -0.25) is 0 Å². The van der Waals surface area contributed by atoms with Gasteiger partial charge < -0.3 is 14.8 Å². The van der Waals surface area contributed by atoms with Crippen molar-refractivity contribution < 1.29 is 9.47 Å². The van der Waals surface area contributed by atoms with Crippen LogP contribution in [0.2, 0.25) is 0 Å². The van der Waals surface area contributed by atoms with Crippen LogP contribution in [0, 0.1) is 0 Å². The highest BCUT2D eigenvalue weighted by atomic mass is 16.5. The second-order valence-electron chi connectivity index (χ2n) is 11.0. The Morgan fingerprint density at radius 1 is 0.351 bits per heavy atom. The van der Waals surface area contributed by atoms with Gasteiger partial charge >= 0.3 is 0 Å². The summed E-state index contributed by atoms with van der Waals surface area (Å²) in [5.74, 6) is 0. The topological polar surface area (TPSA) is 30.5 Å². The van der Waals surface area contributed by atoms with Crippen LogP contribution in [-0.2, 0) is 35.8 Å². The van der Waals surface area contributed by atoms with Crippen molar-refractivity contribution in [2.24, 2.45) is 0 Å². The number of hydrogen-bond donors (Lipinski definition) is 1. The maximum Gasteiger partial charge on any atom is 0.0716 e. The molecule has 1 N–H and O–H groups in total. The minimum atomic E-state index is 0.726. The molecule has 3 heterocycles. The fraction of sp³-hybridized carbons (Fsp3) is 0.647. The Labute approximate surface area is 227 Å². The normalized spacial score (nSPS) is 19.9. The molecule has 3 heteroatoms. The standard InChI is InChI=1S/C34H53NO2/c1-2-4-6-8-10-12-14-16-26-37-30-34-23-19-32(20-24-34)28-35-27-31-17-21-33(22-18-31)29-36-25-15-13-11-9-7-5-3-1/h17-24,35H,1-16,25-30H2. The minimum absolute atomic E-state index is 0.726. The van der Waals surface area contributed by atoms with E-state index >= 15 is 0 Å². The molecule has 206 valence electrons. The van der Waals surface area contributed by atoms with Crippen LogP contribution in [0.3, 0.4) is 0 Å². The van der Waals surface area contributed by atoms with Gasteiger partial charge in [-0.15, -0.1) is 0 Å². The quantitative estimate of drug-likeness (QED) is 0.385. The molecule has 0 aliphatic carbocycles. The zero-order chi connectivity index (χ0) is 25.6. The van der Waals surface area contributed by atoms with Crippen molar-refractivity contribution in [2.75, 3.05) is 13.2 Å². The van der Waals surface area contributed by atoms with Crippen molar-refractivity contribution in [3.8, 4) is 0 Å². The predicted octanol–water partition coefficient (Wildman–Crippen LogP) is 9.26. The maximum atomic E-state index is 5.92. The molecule has 0 unspecified atom stereocenters. The zero-order valence-electron chi connectivity index (χ0n) is 23.5. The molecule has 3 aliphatic heterocycles. The van der Waals surface area contributed by atoms with Gasteiger partial charge in [-0.05, 0) is 35.1 Å². The van der Waals surface area contributed by atoms with Crippen LogP contribution < -0.4 is 5.32 Å². The average molecular weight is 508 g/mol. The Kier molecular flexibility index (Phi) is 16.4. The number of ether oxygens (including phenoxy) is 2. The van der Waals surface area contributed by atoms with Crippen LogP contribution in [-0.4, -0.2) is 13.2 Å². The van der Waals surface area contributed by atoms with Gasteiger partial charge in [-0.25, -0.2) is 0 Å². The van der Waals surface area contributed by atoms with Crippen molar-refractivity contribution in [1.82, 2.24) is 5.32 Å². The second-order valence-corrected chi connectivity index (χ2v) is 11.0. The average Bonchev–Trinajstić information content (AvgIpc) is 2.92. The first kappa shape index (κ1) is 29.9. The number of nitrogens with one attached hydrogen (secondary N) is 1. The van der Waals surface area contributed by atoms with E-state index in [4.69, 9.17) is 9.47 Å². The zero-order valence-corrected chi connectivity index (χ0v) is 23.5. The summed E-state index contributed by atoms with van der Waals surface area (Å²) < 4.78 is 11.8. The third kappa shape index (κ3) is 14.7. The highest BCUT2D eigenvalue weighted by molar-refractivity contribution is 5.23. The molecule has 0 radical (unpaired) electrons. The van der Waals surface area contributed by atoms with Gasteiger partial charge in [-0.2, -0.15) is 0 Å². The summed E-state index contributed by atoms with van der Waals surface area (Å²) >= 11 is 0. The molecular formula is C34H53NO2. The predicted molar refractivity (Wildman–Crippen MR) is 157 cm³/mol. The summed E-state index contributed by atoms with van der Waals surface area (Å²) in [6.45, 7) is 4.98. The van der Waals surface area contributed by atoms with E-state index in [1.807, 2.05) is 0 Å². The van der Waals surface area contributed by atoms with Gasteiger partial charge in [0, 0.05) is 26.3 Å². The smallest absolute Gasteiger partial charge is 0.0716 e. The largest absolute Gasteiger partial charge is 0.377 e. The SMILES string of the molecule is c1cc2ccc1CNCc1ccc(cc1)COCCCCCCCCCCCCCCCCCCOC2. The van der Waals surface area contributed by atoms with Crippen LogP contribution in [0.4, 0.5) is 0 Å². The Morgan fingerprint density at radius 2 is 0.622 bits per heavy atom. The molecule has 0 aromatic heterocycles. The molecule has 0 spiro atoms. The molecule has 0 saturated carbocycles. The lowest BCUT2D eigenvalue weighted by atomic mass is 10.0. The van der Waals surface area contributed by atoms with Crippen LogP contribution in [0.25, 0.3) is 0 Å². The van der Waals surface area contributed by atoms with Crippen LogP contribution >= 0.6 is 0 Å². The number of hydrogen-bond acceptors (Lipinski definition) is 3. The molecule has 3 aliphatic rings. The number of fused-ring (bicyclic) bond motifs is 2. The maximum absolute atomic E-state index is 5.92.